The molecular weight excluding hydrogens is 545 g/mol. The molecule has 0 spiro atoms. The maximum absolute atomic E-state index is 13.6. The molecule has 7 atom stereocenters. The van der Waals surface area contributed by atoms with Crippen molar-refractivity contribution in [2.24, 2.45) is 5.41 Å². The Kier molecular flexibility index (Phi) is 10.5. The van der Waals surface area contributed by atoms with Gasteiger partial charge in [0.05, 0.1) is 31.6 Å². The maximum Gasteiger partial charge on any atom is 0.332 e. The Morgan fingerprint density at radius 3 is 2.42 bits per heavy atom. The summed E-state index contributed by atoms with van der Waals surface area (Å²) in [5.74, 6) is 0.225. The molecule has 3 heterocycles. The summed E-state index contributed by atoms with van der Waals surface area (Å²) in [6, 6.07) is 1.06. The molecule has 0 aromatic carbocycles. The number of aromatic amines is 1. The molecule has 3 rings (SSSR count). The van der Waals surface area contributed by atoms with Crippen LogP contribution < -0.4 is 11.2 Å². The maximum atomic E-state index is 13.6. The van der Waals surface area contributed by atoms with Crippen LogP contribution in [-0.4, -0.2) is 115 Å². The second-order valence-electron chi connectivity index (χ2n) is 10.3. The second kappa shape index (κ2) is 12.9. The van der Waals surface area contributed by atoms with Gasteiger partial charge >= 0.3 is 13.3 Å². The zero-order valence-electron chi connectivity index (χ0n) is 21.5. The van der Waals surface area contributed by atoms with Crippen LogP contribution in [0.15, 0.2) is 21.9 Å². The van der Waals surface area contributed by atoms with Crippen LogP contribution in [0.1, 0.15) is 27.0 Å². The molecule has 0 aliphatic carbocycles. The lowest BCUT2D eigenvalue weighted by Gasteiger charge is -2.24. The third-order valence-electron chi connectivity index (χ3n) is 6.14. The fourth-order valence-corrected chi connectivity index (χ4v) is 6.41. The number of aromatic nitrogens is 2. The Morgan fingerprint density at radius 2 is 1.82 bits per heavy atom. The summed E-state index contributed by atoms with van der Waals surface area (Å²) >= 11 is 1.04. The summed E-state index contributed by atoms with van der Waals surface area (Å²) in [6.45, 7) is 5.37. The minimum absolute atomic E-state index is 0.0584. The largest absolute Gasteiger partial charge is 0.389 e. The normalized spacial score (nSPS) is 30.0. The number of nitrogens with zero attached hydrogens (tertiary/aromatic N) is 2. The molecule has 1 unspecified atom stereocenters. The van der Waals surface area contributed by atoms with Crippen LogP contribution in [-0.2, 0) is 23.1 Å². The summed E-state index contributed by atoms with van der Waals surface area (Å²) in [5.41, 5.74) is -2.04. The summed E-state index contributed by atoms with van der Waals surface area (Å²) in [7, 11) is -3.84. The number of rotatable bonds is 11. The van der Waals surface area contributed by atoms with Gasteiger partial charge in [-0.3, -0.25) is 28.6 Å². The molecule has 216 valence electrons. The molecule has 38 heavy (non-hydrogen) atoms. The molecule has 2 fully saturated rings. The first-order valence-corrected chi connectivity index (χ1v) is 14.9. The fourth-order valence-electron chi connectivity index (χ4n) is 3.90. The van der Waals surface area contributed by atoms with Crippen molar-refractivity contribution in [2.45, 2.75) is 57.5 Å². The van der Waals surface area contributed by atoms with Crippen LogP contribution in [0, 0.1) is 5.41 Å². The highest BCUT2D eigenvalue weighted by molar-refractivity contribution is 8.13. The number of aliphatic hydroxyl groups excluding tert-OH is 4. The predicted octanol–water partition coefficient (Wildman–Crippen LogP) is -1.27. The standard InChI is InChI=1S/C22H36N3O11PS/c1-22(2,3)20(31)38-9-7-34-37(33,8-6-24-10-13(26)14(27)11-24)35-12-15-17(29)18(30)19(36-15)25-5-4-16(28)23-21(25)32/h4-5,13-15,17-19,26-27,29-30H,6-12H2,1-3H3,(H,23,28,32)/t13-,14-,15-,17-,18-,19-,37?/m1/s1. The topological polar surface area (TPSA) is 201 Å². The number of H-pyrrole nitrogens is 1. The minimum atomic E-state index is -3.84. The highest BCUT2D eigenvalue weighted by Crippen LogP contribution is 2.49. The van der Waals surface area contributed by atoms with Crippen molar-refractivity contribution in [3.63, 3.8) is 0 Å². The zero-order valence-corrected chi connectivity index (χ0v) is 23.2. The summed E-state index contributed by atoms with van der Waals surface area (Å²) in [6.07, 6.45) is -6.39. The van der Waals surface area contributed by atoms with E-state index < -0.39 is 67.6 Å². The van der Waals surface area contributed by atoms with Gasteiger partial charge in [0, 0.05) is 43.1 Å². The van der Waals surface area contributed by atoms with Crippen LogP contribution in [0.2, 0.25) is 0 Å². The molecule has 1 aromatic rings. The van der Waals surface area contributed by atoms with E-state index in [1.165, 1.54) is 0 Å². The van der Waals surface area contributed by atoms with Gasteiger partial charge in [-0.05, 0) is 0 Å². The molecule has 14 nitrogen and oxygen atoms in total. The van der Waals surface area contributed by atoms with Crippen LogP contribution in [0.4, 0.5) is 0 Å². The van der Waals surface area contributed by atoms with E-state index in [4.69, 9.17) is 13.8 Å². The van der Waals surface area contributed by atoms with Crippen molar-refractivity contribution in [1.82, 2.24) is 14.5 Å². The molecule has 2 aliphatic heterocycles. The number of carbonyl (C=O) groups excluding carboxylic acids is 1. The number of likely N-dealkylation sites (tertiary alicyclic amines) is 1. The Morgan fingerprint density at radius 1 is 1.16 bits per heavy atom. The first kappa shape index (κ1) is 31.1. The molecule has 2 saturated heterocycles. The quantitative estimate of drug-likeness (QED) is 0.153. The van der Waals surface area contributed by atoms with Gasteiger partial charge in [0.15, 0.2) is 11.3 Å². The highest BCUT2D eigenvalue weighted by atomic mass is 32.2. The fraction of sp³-hybridized carbons (Fsp3) is 0.773. The molecule has 0 amide bonds. The van der Waals surface area contributed by atoms with Crippen molar-refractivity contribution in [1.29, 1.82) is 0 Å². The van der Waals surface area contributed by atoms with Gasteiger partial charge in [-0.2, -0.15) is 0 Å². The number of hydrogen-bond donors (Lipinski definition) is 5. The van der Waals surface area contributed by atoms with E-state index >= 15 is 0 Å². The Labute approximate surface area is 223 Å². The molecule has 2 aliphatic rings. The Hall–Kier alpha value is -1.39. The van der Waals surface area contributed by atoms with E-state index in [2.05, 4.69) is 0 Å². The number of ether oxygens (including phenoxy) is 1. The van der Waals surface area contributed by atoms with E-state index in [9.17, 15) is 39.4 Å². The van der Waals surface area contributed by atoms with Gasteiger partial charge in [-0.15, -0.1) is 0 Å². The number of nitrogens with one attached hydrogen (secondary N) is 1. The van der Waals surface area contributed by atoms with E-state index in [0.717, 1.165) is 28.6 Å². The molecule has 0 saturated carbocycles. The van der Waals surface area contributed by atoms with Gasteiger partial charge in [-0.1, -0.05) is 32.5 Å². The van der Waals surface area contributed by atoms with Gasteiger partial charge in [-0.25, -0.2) is 4.79 Å². The highest BCUT2D eigenvalue weighted by Gasteiger charge is 2.45. The smallest absolute Gasteiger partial charge is 0.332 e. The van der Waals surface area contributed by atoms with Crippen LogP contribution in [0.25, 0.3) is 0 Å². The van der Waals surface area contributed by atoms with Crippen molar-refractivity contribution in [2.75, 3.05) is 44.8 Å². The molecular formula is C22H36N3O11PS. The number of aliphatic hydroxyl groups is 4. The number of β-amino-alcohol motifs (C(OH)–C–C–N with tert-alkyl or cyclic N) is 2. The van der Waals surface area contributed by atoms with Crippen molar-refractivity contribution < 1.29 is 43.6 Å². The average Bonchev–Trinajstić information content (AvgIpc) is 3.31. The van der Waals surface area contributed by atoms with Gasteiger partial charge < -0.3 is 34.2 Å². The molecule has 1 aromatic heterocycles. The first-order valence-electron chi connectivity index (χ1n) is 12.2. The lowest BCUT2D eigenvalue weighted by molar-refractivity contribution is -0.117. The van der Waals surface area contributed by atoms with Crippen LogP contribution in [0.5, 0.6) is 0 Å². The lowest BCUT2D eigenvalue weighted by Crippen LogP contribution is -2.37. The van der Waals surface area contributed by atoms with Gasteiger partial charge in [0.25, 0.3) is 5.56 Å². The van der Waals surface area contributed by atoms with Crippen molar-refractivity contribution >= 4 is 24.5 Å². The summed E-state index contributed by atoms with van der Waals surface area (Å²) < 4.78 is 31.3. The van der Waals surface area contributed by atoms with E-state index in [1.807, 2.05) is 4.98 Å². The van der Waals surface area contributed by atoms with E-state index in [1.54, 1.807) is 25.7 Å². The molecule has 5 N–H and O–H groups in total. The van der Waals surface area contributed by atoms with Crippen molar-refractivity contribution in [3.05, 3.63) is 33.1 Å². The van der Waals surface area contributed by atoms with Crippen molar-refractivity contribution in [3.8, 4) is 0 Å². The van der Waals surface area contributed by atoms with Gasteiger partial charge in [0.1, 0.15) is 18.3 Å². The minimum Gasteiger partial charge on any atom is -0.389 e. The lowest BCUT2D eigenvalue weighted by atomic mass is 10.00. The third kappa shape index (κ3) is 8.07. The predicted molar refractivity (Wildman–Crippen MR) is 137 cm³/mol. The SMILES string of the molecule is CC(C)(C)C(=O)SCCOP(=O)(CCN1C[C@@H](O)[C@H](O)C1)OC[C@H]1O[C@@H](n2ccc(=O)[nH]c2=O)[C@H](O)[C@@H]1O. The molecule has 16 heteroatoms. The van der Waals surface area contributed by atoms with E-state index in [0.29, 0.717) is 0 Å². The van der Waals surface area contributed by atoms with Crippen LogP contribution in [0.3, 0.4) is 0 Å². The Balaban J connectivity index is 1.63. The first-order chi connectivity index (χ1) is 17.7. The van der Waals surface area contributed by atoms with E-state index in [-0.39, 0.29) is 43.3 Å². The summed E-state index contributed by atoms with van der Waals surface area (Å²) in [4.78, 5) is 39.3. The monoisotopic (exact) mass is 581 g/mol. The third-order valence-corrected chi connectivity index (χ3v) is 9.25. The number of thioether (sulfide) groups is 1. The number of carbonyl (C=O) groups is 1. The second-order valence-corrected chi connectivity index (χ2v) is 13.6. The number of hydrogen-bond acceptors (Lipinski definition) is 13. The molecule has 0 bridgehead atoms. The summed E-state index contributed by atoms with van der Waals surface area (Å²) in [5, 5.41) is 40.4. The zero-order chi connectivity index (χ0) is 28.3. The van der Waals surface area contributed by atoms with Crippen LogP contribution >= 0.6 is 19.4 Å². The Bertz CT molecular complexity index is 1110. The molecule has 0 radical (unpaired) electrons. The van der Waals surface area contributed by atoms with Gasteiger partial charge in [0.2, 0.25) is 0 Å². The average molecular weight is 582 g/mol.